The van der Waals surface area contributed by atoms with Gasteiger partial charge in [0.05, 0.1) is 10.7 Å². The normalized spacial score (nSPS) is 11.7. The molecule has 0 saturated carbocycles. The molecule has 0 fully saturated rings. The number of thiazole rings is 1. The Morgan fingerprint density at radius 2 is 2.05 bits per heavy atom. The molecular weight excluding hydrogens is 287 g/mol. The molecule has 0 saturated heterocycles. The average Bonchev–Trinajstić information content (AvgIpc) is 2.79. The minimum atomic E-state index is -0.285. The van der Waals surface area contributed by atoms with Gasteiger partial charge in [-0.1, -0.05) is 0 Å². The van der Waals surface area contributed by atoms with Crippen molar-refractivity contribution in [1.29, 1.82) is 0 Å². The van der Waals surface area contributed by atoms with Crippen LogP contribution >= 0.6 is 11.3 Å². The zero-order valence-corrected chi connectivity index (χ0v) is 13.7. The molecule has 0 aliphatic rings. The first-order valence-corrected chi connectivity index (χ1v) is 7.78. The molecule has 0 radical (unpaired) electrons. The van der Waals surface area contributed by atoms with Crippen molar-refractivity contribution in [3.05, 3.63) is 45.7 Å². The second kappa shape index (κ2) is 6.54. The van der Waals surface area contributed by atoms with E-state index in [9.17, 15) is 4.39 Å². The largest absolute Gasteiger partial charge is 0.487 e. The molecule has 1 aromatic heterocycles. The van der Waals surface area contributed by atoms with Gasteiger partial charge in [-0.2, -0.15) is 0 Å². The molecule has 2 aromatic rings. The third-order valence-corrected chi connectivity index (χ3v) is 3.63. The zero-order valence-electron chi connectivity index (χ0n) is 12.9. The van der Waals surface area contributed by atoms with Crippen LogP contribution in [-0.4, -0.2) is 10.5 Å². The lowest BCUT2D eigenvalue weighted by molar-refractivity contribution is 0.299. The average molecular weight is 308 g/mol. The molecule has 2 rings (SSSR count). The van der Waals surface area contributed by atoms with E-state index >= 15 is 0 Å². The van der Waals surface area contributed by atoms with E-state index in [-0.39, 0.29) is 11.4 Å². The van der Waals surface area contributed by atoms with Crippen LogP contribution in [-0.2, 0) is 13.2 Å². The van der Waals surface area contributed by atoms with Crippen LogP contribution in [0.4, 0.5) is 4.39 Å². The SMILES string of the molecule is Cc1nc(COc2cc(F)cc(CNC(C)(C)C)c2)cs1. The van der Waals surface area contributed by atoms with E-state index in [1.54, 1.807) is 11.3 Å². The highest BCUT2D eigenvalue weighted by atomic mass is 32.1. The maximum Gasteiger partial charge on any atom is 0.131 e. The minimum Gasteiger partial charge on any atom is -0.487 e. The summed E-state index contributed by atoms with van der Waals surface area (Å²) in [4.78, 5) is 4.33. The first-order valence-electron chi connectivity index (χ1n) is 6.90. The lowest BCUT2D eigenvalue weighted by Crippen LogP contribution is -2.35. The van der Waals surface area contributed by atoms with Crippen LogP contribution < -0.4 is 10.1 Å². The molecule has 114 valence electrons. The van der Waals surface area contributed by atoms with Crippen molar-refractivity contribution in [1.82, 2.24) is 10.3 Å². The third-order valence-electron chi connectivity index (χ3n) is 2.81. The van der Waals surface area contributed by atoms with Crippen LogP contribution in [0, 0.1) is 12.7 Å². The van der Waals surface area contributed by atoms with Gasteiger partial charge in [0.2, 0.25) is 0 Å². The van der Waals surface area contributed by atoms with Crippen molar-refractivity contribution < 1.29 is 9.13 Å². The first-order chi connectivity index (χ1) is 9.82. The third kappa shape index (κ3) is 5.44. The minimum absolute atomic E-state index is 0.00847. The number of hydrogen-bond donors (Lipinski definition) is 1. The van der Waals surface area contributed by atoms with Gasteiger partial charge in [-0.3, -0.25) is 0 Å². The molecule has 1 N–H and O–H groups in total. The molecular formula is C16H21FN2OS. The van der Waals surface area contributed by atoms with Crippen molar-refractivity contribution in [3.63, 3.8) is 0 Å². The molecule has 0 bridgehead atoms. The summed E-state index contributed by atoms with van der Waals surface area (Å²) in [7, 11) is 0. The molecule has 0 unspecified atom stereocenters. The van der Waals surface area contributed by atoms with E-state index in [0.29, 0.717) is 18.9 Å². The lowest BCUT2D eigenvalue weighted by atomic mass is 10.1. The van der Waals surface area contributed by atoms with E-state index in [4.69, 9.17) is 4.74 Å². The molecule has 5 heteroatoms. The Balaban J connectivity index is 2.01. The lowest BCUT2D eigenvalue weighted by Gasteiger charge is -2.20. The fourth-order valence-corrected chi connectivity index (χ4v) is 2.40. The predicted molar refractivity (Wildman–Crippen MR) is 84.2 cm³/mol. The van der Waals surface area contributed by atoms with Crippen LogP contribution in [0.2, 0.25) is 0 Å². The van der Waals surface area contributed by atoms with Crippen LogP contribution in [0.15, 0.2) is 23.6 Å². The van der Waals surface area contributed by atoms with Gasteiger partial charge < -0.3 is 10.1 Å². The number of rotatable bonds is 5. The molecule has 0 amide bonds. The van der Waals surface area contributed by atoms with Crippen LogP contribution in [0.3, 0.4) is 0 Å². The van der Waals surface area contributed by atoms with Gasteiger partial charge in [0.25, 0.3) is 0 Å². The molecule has 0 aliphatic carbocycles. The number of aromatic nitrogens is 1. The Bertz CT molecular complexity index is 605. The summed E-state index contributed by atoms with van der Waals surface area (Å²) in [5.41, 5.74) is 1.73. The summed E-state index contributed by atoms with van der Waals surface area (Å²) in [5, 5.41) is 6.29. The summed E-state index contributed by atoms with van der Waals surface area (Å²) in [6.07, 6.45) is 0. The summed E-state index contributed by atoms with van der Waals surface area (Å²) >= 11 is 1.58. The Labute approximate surface area is 129 Å². The van der Waals surface area contributed by atoms with Crippen molar-refractivity contribution in [2.45, 2.75) is 46.4 Å². The predicted octanol–water partition coefficient (Wildman–Crippen LogP) is 4.06. The van der Waals surface area contributed by atoms with Gasteiger partial charge in [0, 0.05) is 23.5 Å². The Hall–Kier alpha value is -1.46. The zero-order chi connectivity index (χ0) is 15.5. The Morgan fingerprint density at radius 3 is 2.67 bits per heavy atom. The van der Waals surface area contributed by atoms with Crippen LogP contribution in [0.25, 0.3) is 0 Å². The number of benzene rings is 1. The molecule has 1 aromatic carbocycles. The van der Waals surface area contributed by atoms with Gasteiger partial charge in [0.15, 0.2) is 0 Å². The second-order valence-corrected chi connectivity index (χ2v) is 7.11. The van der Waals surface area contributed by atoms with E-state index in [2.05, 4.69) is 31.1 Å². The van der Waals surface area contributed by atoms with Crippen molar-refractivity contribution >= 4 is 11.3 Å². The monoisotopic (exact) mass is 308 g/mol. The molecule has 0 atom stereocenters. The molecule has 0 aliphatic heterocycles. The van der Waals surface area contributed by atoms with Gasteiger partial charge in [-0.25, -0.2) is 9.37 Å². The van der Waals surface area contributed by atoms with Crippen molar-refractivity contribution in [3.8, 4) is 5.75 Å². The number of nitrogens with one attached hydrogen (secondary N) is 1. The Kier molecular flexibility index (Phi) is 4.96. The fourth-order valence-electron chi connectivity index (χ4n) is 1.81. The highest BCUT2D eigenvalue weighted by Gasteiger charge is 2.10. The molecule has 1 heterocycles. The van der Waals surface area contributed by atoms with Gasteiger partial charge in [-0.15, -0.1) is 11.3 Å². The van der Waals surface area contributed by atoms with Crippen molar-refractivity contribution in [2.75, 3.05) is 0 Å². The molecule has 21 heavy (non-hydrogen) atoms. The highest BCUT2D eigenvalue weighted by Crippen LogP contribution is 2.19. The maximum absolute atomic E-state index is 13.7. The quantitative estimate of drug-likeness (QED) is 0.904. The van der Waals surface area contributed by atoms with Gasteiger partial charge in [-0.05, 0) is 45.4 Å². The number of aryl methyl sites for hydroxylation is 1. The smallest absolute Gasteiger partial charge is 0.131 e. The molecule has 0 spiro atoms. The van der Waals surface area contributed by atoms with E-state index in [0.717, 1.165) is 16.3 Å². The molecule has 3 nitrogen and oxygen atoms in total. The van der Waals surface area contributed by atoms with E-state index in [1.165, 1.54) is 12.1 Å². The summed E-state index contributed by atoms with van der Waals surface area (Å²) in [5.74, 6) is 0.249. The number of ether oxygens (including phenoxy) is 1. The van der Waals surface area contributed by atoms with Crippen LogP contribution in [0.5, 0.6) is 5.75 Å². The van der Waals surface area contributed by atoms with Gasteiger partial charge >= 0.3 is 0 Å². The summed E-state index contributed by atoms with van der Waals surface area (Å²) in [6.45, 7) is 9.15. The second-order valence-electron chi connectivity index (χ2n) is 6.05. The number of nitrogens with zero attached hydrogens (tertiary/aromatic N) is 1. The highest BCUT2D eigenvalue weighted by molar-refractivity contribution is 7.09. The Morgan fingerprint density at radius 1 is 1.29 bits per heavy atom. The van der Waals surface area contributed by atoms with Crippen molar-refractivity contribution in [2.24, 2.45) is 0 Å². The van der Waals surface area contributed by atoms with Crippen LogP contribution in [0.1, 0.15) is 37.0 Å². The standard InChI is InChI=1S/C16H21FN2OS/c1-11-19-14(10-21-11)9-20-15-6-12(5-13(17)7-15)8-18-16(2,3)4/h5-7,10,18H,8-9H2,1-4H3. The summed E-state index contributed by atoms with van der Waals surface area (Å²) in [6, 6.07) is 4.79. The fraction of sp³-hybridized carbons (Fsp3) is 0.438. The first kappa shape index (κ1) is 15.9. The maximum atomic E-state index is 13.7. The topological polar surface area (TPSA) is 34.1 Å². The van der Waals surface area contributed by atoms with Gasteiger partial charge in [0.1, 0.15) is 18.2 Å². The number of halogens is 1. The van der Waals surface area contributed by atoms with E-state index in [1.807, 2.05) is 18.4 Å². The van der Waals surface area contributed by atoms with E-state index < -0.39 is 0 Å². The summed E-state index contributed by atoms with van der Waals surface area (Å²) < 4.78 is 19.3. The number of hydrogen-bond acceptors (Lipinski definition) is 4.